The summed E-state index contributed by atoms with van der Waals surface area (Å²) in [6, 6.07) is 5.79. The van der Waals surface area contributed by atoms with Crippen molar-refractivity contribution in [2.24, 2.45) is 5.41 Å². The van der Waals surface area contributed by atoms with Crippen molar-refractivity contribution < 1.29 is 4.79 Å². The van der Waals surface area contributed by atoms with E-state index in [0.29, 0.717) is 0 Å². The van der Waals surface area contributed by atoms with Crippen LogP contribution in [0.1, 0.15) is 36.2 Å². The molecule has 0 saturated carbocycles. The molecule has 1 aromatic rings. The molecule has 2 nitrogen and oxygen atoms in total. The molecule has 0 spiro atoms. The number of carbonyl (C=O) groups is 1. The van der Waals surface area contributed by atoms with Gasteiger partial charge in [0, 0.05) is 28.5 Å². The second kappa shape index (κ2) is 5.45. The first kappa shape index (κ1) is 14.9. The van der Waals surface area contributed by atoms with Crippen molar-refractivity contribution in [2.45, 2.75) is 32.6 Å². The van der Waals surface area contributed by atoms with E-state index in [1.54, 1.807) is 0 Å². The highest BCUT2D eigenvalue weighted by molar-refractivity contribution is 9.10. The zero-order valence-corrected chi connectivity index (χ0v) is 13.9. The number of piperidine rings is 1. The Labute approximate surface area is 128 Å². The number of halogens is 2. The highest BCUT2D eigenvalue weighted by Crippen LogP contribution is 2.34. The molecular formula is C15H19BrClNO. The van der Waals surface area contributed by atoms with Crippen molar-refractivity contribution in [3.63, 3.8) is 0 Å². The second-order valence-corrected chi connectivity index (χ2v) is 7.37. The Morgan fingerprint density at radius 3 is 2.74 bits per heavy atom. The molecule has 104 valence electrons. The third-order valence-electron chi connectivity index (χ3n) is 3.80. The normalized spacial score (nSPS) is 22.4. The lowest BCUT2D eigenvalue weighted by molar-refractivity contribution is 0.0592. The molecule has 0 N–H and O–H groups in total. The van der Waals surface area contributed by atoms with E-state index in [9.17, 15) is 4.79 Å². The fraction of sp³-hybridized carbons (Fsp3) is 0.533. The van der Waals surface area contributed by atoms with Gasteiger partial charge >= 0.3 is 0 Å². The maximum absolute atomic E-state index is 12.6. The molecule has 0 aromatic heterocycles. The van der Waals surface area contributed by atoms with Gasteiger partial charge in [0.15, 0.2) is 0 Å². The Balaban J connectivity index is 2.21. The monoisotopic (exact) mass is 343 g/mol. The highest BCUT2D eigenvalue weighted by Gasteiger charge is 2.36. The van der Waals surface area contributed by atoms with Crippen LogP contribution in [0.15, 0.2) is 22.7 Å². The summed E-state index contributed by atoms with van der Waals surface area (Å²) in [6.07, 6.45) is 0.857. The number of rotatable bonds is 1. The minimum Gasteiger partial charge on any atom is -0.338 e. The van der Waals surface area contributed by atoms with E-state index >= 15 is 0 Å². The summed E-state index contributed by atoms with van der Waals surface area (Å²) in [4.78, 5) is 14.5. The lowest BCUT2D eigenvalue weighted by atomic mass is 9.83. The van der Waals surface area contributed by atoms with Gasteiger partial charge in [-0.05, 0) is 42.5 Å². The van der Waals surface area contributed by atoms with E-state index in [1.165, 1.54) is 0 Å². The van der Waals surface area contributed by atoms with E-state index in [0.717, 1.165) is 35.1 Å². The minimum absolute atomic E-state index is 0.0290. The standard InChI is InChI=1S/C15H19BrClNO/c1-10-8-11(16)4-5-12(10)14(19)18-7-6-13(17)15(2,3)9-18/h4-5,8,13H,6-7,9H2,1-3H3. The molecular weight excluding hydrogens is 326 g/mol. The predicted molar refractivity (Wildman–Crippen MR) is 82.8 cm³/mol. The van der Waals surface area contributed by atoms with Gasteiger partial charge in [-0.1, -0.05) is 29.8 Å². The number of hydrogen-bond acceptors (Lipinski definition) is 1. The lowest BCUT2D eigenvalue weighted by Gasteiger charge is -2.41. The first-order valence-corrected chi connectivity index (χ1v) is 7.74. The van der Waals surface area contributed by atoms with E-state index < -0.39 is 0 Å². The molecule has 4 heteroatoms. The molecule has 1 aliphatic heterocycles. The first-order valence-electron chi connectivity index (χ1n) is 6.51. The highest BCUT2D eigenvalue weighted by atomic mass is 79.9. The van der Waals surface area contributed by atoms with Crippen LogP contribution in [0.2, 0.25) is 0 Å². The third kappa shape index (κ3) is 3.14. The van der Waals surface area contributed by atoms with Crippen molar-refractivity contribution >= 4 is 33.4 Å². The van der Waals surface area contributed by atoms with Crippen LogP contribution in [0.3, 0.4) is 0 Å². The molecule has 1 aliphatic rings. The molecule has 1 aromatic carbocycles. The van der Waals surface area contributed by atoms with E-state index in [-0.39, 0.29) is 16.7 Å². The minimum atomic E-state index is -0.0290. The van der Waals surface area contributed by atoms with Crippen LogP contribution in [0.5, 0.6) is 0 Å². The van der Waals surface area contributed by atoms with Gasteiger partial charge in [-0.3, -0.25) is 4.79 Å². The Morgan fingerprint density at radius 2 is 2.16 bits per heavy atom. The summed E-state index contributed by atoms with van der Waals surface area (Å²) in [6.45, 7) is 7.68. The number of alkyl halides is 1. The molecule has 0 radical (unpaired) electrons. The van der Waals surface area contributed by atoms with Crippen molar-refractivity contribution in [3.8, 4) is 0 Å². The number of amides is 1. The molecule has 1 heterocycles. The van der Waals surface area contributed by atoms with Gasteiger partial charge in [-0.15, -0.1) is 11.6 Å². The quantitative estimate of drug-likeness (QED) is 0.698. The summed E-state index contributed by atoms with van der Waals surface area (Å²) in [7, 11) is 0. The van der Waals surface area contributed by atoms with Gasteiger partial charge in [0.05, 0.1) is 0 Å². The molecule has 1 amide bonds. The van der Waals surface area contributed by atoms with Crippen LogP contribution >= 0.6 is 27.5 Å². The summed E-state index contributed by atoms with van der Waals surface area (Å²) in [5, 5.41) is 0.141. The first-order chi connectivity index (χ1) is 8.81. The largest absolute Gasteiger partial charge is 0.338 e. The van der Waals surface area contributed by atoms with Crippen molar-refractivity contribution in [3.05, 3.63) is 33.8 Å². The SMILES string of the molecule is Cc1cc(Br)ccc1C(=O)N1CCC(Cl)C(C)(C)C1. The molecule has 1 fully saturated rings. The van der Waals surface area contributed by atoms with Gasteiger partial charge in [-0.2, -0.15) is 0 Å². The van der Waals surface area contributed by atoms with Crippen LogP contribution in [0, 0.1) is 12.3 Å². The molecule has 1 unspecified atom stereocenters. The summed E-state index contributed by atoms with van der Waals surface area (Å²) in [5.41, 5.74) is 1.76. The maximum atomic E-state index is 12.6. The van der Waals surface area contributed by atoms with E-state index in [4.69, 9.17) is 11.6 Å². The smallest absolute Gasteiger partial charge is 0.254 e. The molecule has 2 rings (SSSR count). The Bertz CT molecular complexity index is 501. The van der Waals surface area contributed by atoms with Gasteiger partial charge in [0.1, 0.15) is 0 Å². The Hall–Kier alpha value is -0.540. The summed E-state index contributed by atoms with van der Waals surface area (Å²) in [5.74, 6) is 0.113. The second-order valence-electron chi connectivity index (χ2n) is 5.93. The van der Waals surface area contributed by atoms with Crippen molar-refractivity contribution in [2.75, 3.05) is 13.1 Å². The topological polar surface area (TPSA) is 20.3 Å². The average molecular weight is 345 g/mol. The Morgan fingerprint density at radius 1 is 1.47 bits per heavy atom. The molecule has 1 saturated heterocycles. The summed E-state index contributed by atoms with van der Waals surface area (Å²) < 4.78 is 1.00. The average Bonchev–Trinajstić information content (AvgIpc) is 2.32. The van der Waals surface area contributed by atoms with Crippen molar-refractivity contribution in [1.29, 1.82) is 0 Å². The zero-order chi connectivity index (χ0) is 14.2. The number of aryl methyl sites for hydroxylation is 1. The van der Waals surface area contributed by atoms with Crippen LogP contribution in [0.25, 0.3) is 0 Å². The molecule has 0 bridgehead atoms. The number of nitrogens with zero attached hydrogens (tertiary/aromatic N) is 1. The maximum Gasteiger partial charge on any atom is 0.254 e. The number of likely N-dealkylation sites (tertiary alicyclic amines) is 1. The molecule has 0 aliphatic carbocycles. The van der Waals surface area contributed by atoms with Gasteiger partial charge in [-0.25, -0.2) is 0 Å². The number of hydrogen-bond donors (Lipinski definition) is 0. The zero-order valence-electron chi connectivity index (χ0n) is 11.5. The van der Waals surface area contributed by atoms with Gasteiger partial charge in [0.2, 0.25) is 0 Å². The van der Waals surface area contributed by atoms with E-state index in [1.807, 2.05) is 30.0 Å². The number of carbonyl (C=O) groups excluding carboxylic acids is 1. The van der Waals surface area contributed by atoms with E-state index in [2.05, 4.69) is 29.8 Å². The fourth-order valence-corrected chi connectivity index (χ4v) is 3.18. The van der Waals surface area contributed by atoms with Gasteiger partial charge in [0.25, 0.3) is 5.91 Å². The summed E-state index contributed by atoms with van der Waals surface area (Å²) >= 11 is 9.76. The van der Waals surface area contributed by atoms with Crippen LogP contribution in [-0.2, 0) is 0 Å². The number of benzene rings is 1. The van der Waals surface area contributed by atoms with Crippen molar-refractivity contribution in [1.82, 2.24) is 4.90 Å². The molecule has 1 atom stereocenters. The lowest BCUT2D eigenvalue weighted by Crippen LogP contribution is -2.49. The third-order valence-corrected chi connectivity index (χ3v) is 5.11. The van der Waals surface area contributed by atoms with Crippen LogP contribution in [-0.4, -0.2) is 29.3 Å². The van der Waals surface area contributed by atoms with Gasteiger partial charge < -0.3 is 4.90 Å². The predicted octanol–water partition coefficient (Wildman–Crippen LogP) is 4.24. The molecule has 19 heavy (non-hydrogen) atoms. The Kier molecular flexibility index (Phi) is 4.26. The van der Waals surface area contributed by atoms with Crippen LogP contribution < -0.4 is 0 Å². The fourth-order valence-electron chi connectivity index (χ4n) is 2.54. The van der Waals surface area contributed by atoms with Crippen LogP contribution in [0.4, 0.5) is 0 Å².